The zero-order valence-corrected chi connectivity index (χ0v) is 9.02. The normalized spacial score (nSPS) is 10.7. The molecular formula is C10H9ClFN3O. The topological polar surface area (TPSA) is 50.9 Å². The van der Waals surface area contributed by atoms with E-state index in [4.69, 9.17) is 16.7 Å². The monoisotopic (exact) mass is 241 g/mol. The number of hydrogen-bond acceptors (Lipinski definition) is 3. The first kappa shape index (κ1) is 11.0. The standard InChI is InChI=1S/C10H9ClFN3O/c11-7-1-2-10(9(12)5-7)15-6-8(3-4-16)13-14-15/h1-2,5-6,16H,3-4H2. The van der Waals surface area contributed by atoms with Crippen LogP contribution in [0.5, 0.6) is 0 Å². The SMILES string of the molecule is OCCc1cn(-c2ccc(Cl)cc2F)nn1. The first-order chi connectivity index (χ1) is 7.70. The number of hydrogen-bond donors (Lipinski definition) is 1. The zero-order chi connectivity index (χ0) is 11.5. The van der Waals surface area contributed by atoms with Crippen LogP contribution < -0.4 is 0 Å². The third-order valence-electron chi connectivity index (χ3n) is 2.07. The summed E-state index contributed by atoms with van der Waals surface area (Å²) in [4.78, 5) is 0. The average molecular weight is 242 g/mol. The number of aliphatic hydroxyl groups is 1. The molecule has 0 atom stereocenters. The van der Waals surface area contributed by atoms with E-state index >= 15 is 0 Å². The van der Waals surface area contributed by atoms with E-state index in [-0.39, 0.29) is 12.3 Å². The Morgan fingerprint density at radius 3 is 2.94 bits per heavy atom. The van der Waals surface area contributed by atoms with Crippen molar-refractivity contribution in [3.63, 3.8) is 0 Å². The minimum absolute atomic E-state index is 0.0121. The molecule has 0 saturated carbocycles. The number of nitrogens with zero attached hydrogens (tertiary/aromatic N) is 3. The lowest BCUT2D eigenvalue weighted by Gasteiger charge is -2.01. The number of aliphatic hydroxyl groups excluding tert-OH is 1. The van der Waals surface area contributed by atoms with Gasteiger partial charge in [0.2, 0.25) is 0 Å². The molecule has 0 aliphatic heterocycles. The van der Waals surface area contributed by atoms with Gasteiger partial charge in [0.25, 0.3) is 0 Å². The van der Waals surface area contributed by atoms with E-state index in [9.17, 15) is 4.39 Å². The van der Waals surface area contributed by atoms with E-state index < -0.39 is 5.82 Å². The quantitative estimate of drug-likeness (QED) is 0.888. The van der Waals surface area contributed by atoms with Crippen LogP contribution in [0.2, 0.25) is 5.02 Å². The average Bonchev–Trinajstić information content (AvgIpc) is 2.67. The van der Waals surface area contributed by atoms with Crippen molar-refractivity contribution in [1.29, 1.82) is 0 Å². The van der Waals surface area contributed by atoms with Gasteiger partial charge in [0, 0.05) is 18.1 Å². The van der Waals surface area contributed by atoms with Gasteiger partial charge < -0.3 is 5.11 Å². The first-order valence-corrected chi connectivity index (χ1v) is 5.06. The molecule has 0 amide bonds. The lowest BCUT2D eigenvalue weighted by molar-refractivity contribution is 0.298. The molecule has 2 aromatic rings. The van der Waals surface area contributed by atoms with Gasteiger partial charge in [-0.2, -0.15) is 0 Å². The molecule has 0 saturated heterocycles. The fraction of sp³-hybridized carbons (Fsp3) is 0.200. The Morgan fingerprint density at radius 2 is 2.25 bits per heavy atom. The smallest absolute Gasteiger partial charge is 0.150 e. The maximum atomic E-state index is 13.5. The van der Waals surface area contributed by atoms with Crippen molar-refractivity contribution in [2.45, 2.75) is 6.42 Å². The van der Waals surface area contributed by atoms with Gasteiger partial charge in [-0.15, -0.1) is 5.10 Å². The Kier molecular flexibility index (Phi) is 3.17. The predicted octanol–water partition coefficient (Wildman–Crippen LogP) is 1.59. The second-order valence-electron chi connectivity index (χ2n) is 3.22. The van der Waals surface area contributed by atoms with Gasteiger partial charge in [-0.3, -0.25) is 0 Å². The summed E-state index contributed by atoms with van der Waals surface area (Å²) in [7, 11) is 0. The number of halogens is 2. The molecule has 0 aliphatic carbocycles. The van der Waals surface area contributed by atoms with E-state index in [1.165, 1.54) is 16.8 Å². The van der Waals surface area contributed by atoms with Gasteiger partial charge in [-0.05, 0) is 18.2 Å². The summed E-state index contributed by atoms with van der Waals surface area (Å²) < 4.78 is 14.8. The third-order valence-corrected chi connectivity index (χ3v) is 2.30. The van der Waals surface area contributed by atoms with Crippen molar-refractivity contribution in [3.8, 4) is 5.69 Å². The first-order valence-electron chi connectivity index (χ1n) is 4.68. The van der Waals surface area contributed by atoms with Gasteiger partial charge in [0.15, 0.2) is 0 Å². The Labute approximate surface area is 96.3 Å². The molecule has 0 unspecified atom stereocenters. The molecule has 0 radical (unpaired) electrons. The van der Waals surface area contributed by atoms with Crippen LogP contribution in [0.3, 0.4) is 0 Å². The molecule has 16 heavy (non-hydrogen) atoms. The van der Waals surface area contributed by atoms with Crippen LogP contribution in [0.25, 0.3) is 5.69 Å². The highest BCUT2D eigenvalue weighted by atomic mass is 35.5. The predicted molar refractivity (Wildman–Crippen MR) is 57.1 cm³/mol. The second kappa shape index (κ2) is 4.59. The van der Waals surface area contributed by atoms with Crippen LogP contribution in [0.15, 0.2) is 24.4 Å². The summed E-state index contributed by atoms with van der Waals surface area (Å²) in [5.74, 6) is -0.465. The van der Waals surface area contributed by atoms with Crippen molar-refractivity contribution in [2.24, 2.45) is 0 Å². The van der Waals surface area contributed by atoms with Crippen molar-refractivity contribution >= 4 is 11.6 Å². The molecule has 1 aromatic heterocycles. The molecule has 2 rings (SSSR count). The molecule has 4 nitrogen and oxygen atoms in total. The summed E-state index contributed by atoms with van der Waals surface area (Å²) in [6.45, 7) is -0.0121. The molecule has 0 spiro atoms. The van der Waals surface area contributed by atoms with Gasteiger partial charge in [0.1, 0.15) is 11.5 Å². The van der Waals surface area contributed by atoms with Crippen molar-refractivity contribution in [2.75, 3.05) is 6.61 Å². The molecule has 0 bridgehead atoms. The maximum Gasteiger partial charge on any atom is 0.150 e. The summed E-state index contributed by atoms with van der Waals surface area (Å²) >= 11 is 5.64. The number of aromatic nitrogens is 3. The van der Waals surface area contributed by atoms with E-state index in [2.05, 4.69) is 10.3 Å². The molecule has 0 fully saturated rings. The van der Waals surface area contributed by atoms with Crippen LogP contribution >= 0.6 is 11.6 Å². The van der Waals surface area contributed by atoms with Crippen LogP contribution in [-0.4, -0.2) is 26.7 Å². The Bertz CT molecular complexity index is 501. The Balaban J connectivity index is 2.35. The largest absolute Gasteiger partial charge is 0.396 e. The second-order valence-corrected chi connectivity index (χ2v) is 3.66. The summed E-state index contributed by atoms with van der Waals surface area (Å²) in [5, 5.41) is 16.6. The molecule has 6 heteroatoms. The fourth-order valence-electron chi connectivity index (χ4n) is 1.31. The van der Waals surface area contributed by atoms with Crippen LogP contribution in [0.4, 0.5) is 4.39 Å². The Hall–Kier alpha value is -1.46. The van der Waals surface area contributed by atoms with Crippen molar-refractivity contribution in [3.05, 3.63) is 40.9 Å². The molecule has 84 valence electrons. The highest BCUT2D eigenvalue weighted by Gasteiger charge is 2.07. The van der Waals surface area contributed by atoms with Crippen LogP contribution in [0, 0.1) is 5.82 Å². The number of benzene rings is 1. The van der Waals surface area contributed by atoms with E-state index in [0.29, 0.717) is 17.1 Å². The number of rotatable bonds is 3. The van der Waals surface area contributed by atoms with E-state index in [1.54, 1.807) is 12.3 Å². The molecule has 0 aliphatic rings. The minimum atomic E-state index is -0.465. The van der Waals surface area contributed by atoms with Gasteiger partial charge in [0.05, 0.1) is 11.9 Å². The van der Waals surface area contributed by atoms with Crippen molar-refractivity contribution < 1.29 is 9.50 Å². The lowest BCUT2D eigenvalue weighted by atomic mass is 10.3. The highest BCUT2D eigenvalue weighted by Crippen LogP contribution is 2.17. The summed E-state index contributed by atoms with van der Waals surface area (Å²) in [6, 6.07) is 4.31. The van der Waals surface area contributed by atoms with Gasteiger partial charge in [-0.1, -0.05) is 16.8 Å². The van der Waals surface area contributed by atoms with Crippen LogP contribution in [0.1, 0.15) is 5.69 Å². The fourth-order valence-corrected chi connectivity index (χ4v) is 1.47. The van der Waals surface area contributed by atoms with E-state index in [0.717, 1.165) is 0 Å². The highest BCUT2D eigenvalue weighted by molar-refractivity contribution is 6.30. The third kappa shape index (κ3) is 2.20. The molecule has 1 aromatic carbocycles. The van der Waals surface area contributed by atoms with E-state index in [1.807, 2.05) is 0 Å². The molecule has 1 heterocycles. The van der Waals surface area contributed by atoms with Crippen molar-refractivity contribution in [1.82, 2.24) is 15.0 Å². The Morgan fingerprint density at radius 1 is 1.44 bits per heavy atom. The summed E-state index contributed by atoms with van der Waals surface area (Å²) in [5.41, 5.74) is 0.887. The minimum Gasteiger partial charge on any atom is -0.396 e. The maximum absolute atomic E-state index is 13.5. The molecule has 1 N–H and O–H groups in total. The zero-order valence-electron chi connectivity index (χ0n) is 8.27. The lowest BCUT2D eigenvalue weighted by Crippen LogP contribution is -1.98. The molecular weight excluding hydrogens is 233 g/mol. The van der Waals surface area contributed by atoms with Gasteiger partial charge in [-0.25, -0.2) is 9.07 Å². The van der Waals surface area contributed by atoms with Gasteiger partial charge >= 0.3 is 0 Å². The summed E-state index contributed by atoms with van der Waals surface area (Å²) in [6.07, 6.45) is 1.97. The van der Waals surface area contributed by atoms with Crippen LogP contribution in [-0.2, 0) is 6.42 Å².